The number of halogens is 1. The summed E-state index contributed by atoms with van der Waals surface area (Å²) < 4.78 is 24.0. The van der Waals surface area contributed by atoms with E-state index in [0.29, 0.717) is 28.7 Å². The van der Waals surface area contributed by atoms with E-state index < -0.39 is 23.9 Å². The van der Waals surface area contributed by atoms with Crippen molar-refractivity contribution >= 4 is 40.7 Å². The van der Waals surface area contributed by atoms with Gasteiger partial charge in [-0.15, -0.1) is 0 Å². The van der Waals surface area contributed by atoms with Crippen molar-refractivity contribution in [3.63, 3.8) is 0 Å². The fourth-order valence-corrected chi connectivity index (χ4v) is 3.51. The van der Waals surface area contributed by atoms with E-state index >= 15 is 0 Å². The van der Waals surface area contributed by atoms with Gasteiger partial charge in [-0.3, -0.25) is 0 Å². The van der Waals surface area contributed by atoms with Crippen molar-refractivity contribution in [1.29, 1.82) is 0 Å². The van der Waals surface area contributed by atoms with Crippen LogP contribution in [0.2, 0.25) is 0 Å². The lowest BCUT2D eigenvalue weighted by Crippen LogP contribution is -2.46. The van der Waals surface area contributed by atoms with Crippen LogP contribution in [0.3, 0.4) is 0 Å². The minimum absolute atomic E-state index is 0.0768. The summed E-state index contributed by atoms with van der Waals surface area (Å²) in [7, 11) is 3.30. The molecule has 1 heterocycles. The van der Waals surface area contributed by atoms with Crippen molar-refractivity contribution in [2.24, 2.45) is 0 Å². The SMILES string of the molecule is COCCOC(=O)C1=C(C)N(C)C(=S)N[C@H]1c1ccc(NC(=O)Nc2ccccc2F)cc1. The van der Waals surface area contributed by atoms with E-state index in [4.69, 9.17) is 21.7 Å². The lowest BCUT2D eigenvalue weighted by atomic mass is 9.95. The molecule has 0 saturated heterocycles. The molecule has 0 saturated carbocycles. The smallest absolute Gasteiger partial charge is 0.338 e. The maximum atomic E-state index is 13.7. The quantitative estimate of drug-likeness (QED) is 0.321. The highest BCUT2D eigenvalue weighted by molar-refractivity contribution is 7.80. The van der Waals surface area contributed by atoms with Gasteiger partial charge in [0.1, 0.15) is 12.4 Å². The van der Waals surface area contributed by atoms with Crippen LogP contribution in [-0.4, -0.2) is 49.4 Å². The summed E-state index contributed by atoms with van der Waals surface area (Å²) in [6.45, 7) is 2.22. The number of allylic oxidation sites excluding steroid dienone is 1. The first kappa shape index (κ1) is 24.1. The number of methoxy groups -OCH3 is 1. The van der Waals surface area contributed by atoms with Crippen molar-refractivity contribution in [3.05, 3.63) is 71.2 Å². The lowest BCUT2D eigenvalue weighted by molar-refractivity contribution is -0.140. The minimum atomic E-state index is -0.579. The minimum Gasteiger partial charge on any atom is -0.460 e. The standard InChI is InChI=1S/C23H25FN4O4S/c1-14-19(21(29)32-13-12-31-3)20(27-23(33)28(14)2)15-8-10-16(11-9-15)25-22(30)26-18-7-5-4-6-17(18)24/h4-11,20H,12-13H2,1-3H3,(H,27,33)(H2,25,26,30)/t20-/m0/s1. The van der Waals surface area contributed by atoms with Gasteiger partial charge in [-0.2, -0.15) is 0 Å². The zero-order chi connectivity index (χ0) is 24.0. The molecule has 1 aliphatic heterocycles. The van der Waals surface area contributed by atoms with E-state index in [2.05, 4.69) is 16.0 Å². The Hall–Kier alpha value is -3.50. The topological polar surface area (TPSA) is 91.9 Å². The van der Waals surface area contributed by atoms with Crippen molar-refractivity contribution in [2.45, 2.75) is 13.0 Å². The molecule has 0 aliphatic carbocycles. The predicted octanol–water partition coefficient (Wildman–Crippen LogP) is 3.79. The summed E-state index contributed by atoms with van der Waals surface area (Å²) in [6, 6.07) is 11.7. The van der Waals surface area contributed by atoms with Crippen LogP contribution >= 0.6 is 12.2 Å². The number of rotatable bonds is 7. The van der Waals surface area contributed by atoms with Gasteiger partial charge in [-0.1, -0.05) is 24.3 Å². The first-order valence-electron chi connectivity index (χ1n) is 10.2. The van der Waals surface area contributed by atoms with Crippen molar-refractivity contribution in [3.8, 4) is 0 Å². The van der Waals surface area contributed by atoms with Crippen LogP contribution in [0.4, 0.5) is 20.6 Å². The Balaban J connectivity index is 1.76. The van der Waals surface area contributed by atoms with E-state index in [-0.39, 0.29) is 12.3 Å². The van der Waals surface area contributed by atoms with Crippen LogP contribution in [-0.2, 0) is 14.3 Å². The maximum Gasteiger partial charge on any atom is 0.338 e. The average molecular weight is 473 g/mol. The van der Waals surface area contributed by atoms with Gasteiger partial charge in [-0.05, 0) is 49.0 Å². The summed E-state index contributed by atoms with van der Waals surface area (Å²) in [5, 5.41) is 8.74. The molecule has 0 aromatic heterocycles. The number of amides is 2. The fraction of sp³-hybridized carbons (Fsp3) is 0.261. The molecular weight excluding hydrogens is 447 g/mol. The molecule has 1 atom stereocenters. The number of hydrogen-bond acceptors (Lipinski definition) is 5. The van der Waals surface area contributed by atoms with Gasteiger partial charge in [0.15, 0.2) is 5.11 Å². The third-order valence-corrected chi connectivity index (χ3v) is 5.51. The number of thiocarbonyl (C=S) groups is 1. The molecule has 2 aromatic carbocycles. The number of anilines is 2. The fourth-order valence-electron chi connectivity index (χ4n) is 3.25. The van der Waals surface area contributed by atoms with Crippen LogP contribution in [0, 0.1) is 5.82 Å². The molecule has 10 heteroatoms. The van der Waals surface area contributed by atoms with Gasteiger partial charge in [0.05, 0.1) is 23.9 Å². The number of esters is 1. The second-order valence-corrected chi connectivity index (χ2v) is 7.64. The molecule has 3 N–H and O–H groups in total. The predicted molar refractivity (Wildman–Crippen MR) is 127 cm³/mol. The number of urea groups is 1. The van der Waals surface area contributed by atoms with Gasteiger partial charge in [0.25, 0.3) is 0 Å². The Bertz CT molecular complexity index is 1070. The number of carbonyl (C=O) groups is 2. The molecular formula is C23H25FN4O4S. The molecule has 0 bridgehead atoms. The van der Waals surface area contributed by atoms with E-state index in [1.165, 1.54) is 25.3 Å². The van der Waals surface area contributed by atoms with Crippen LogP contribution in [0.1, 0.15) is 18.5 Å². The largest absolute Gasteiger partial charge is 0.460 e. The maximum absolute atomic E-state index is 13.7. The van der Waals surface area contributed by atoms with Gasteiger partial charge in [0.2, 0.25) is 0 Å². The first-order chi connectivity index (χ1) is 15.8. The summed E-state index contributed by atoms with van der Waals surface area (Å²) >= 11 is 5.40. The molecule has 0 unspecified atom stereocenters. The molecule has 0 spiro atoms. The second-order valence-electron chi connectivity index (χ2n) is 7.25. The molecule has 33 heavy (non-hydrogen) atoms. The highest BCUT2D eigenvalue weighted by Gasteiger charge is 2.33. The summed E-state index contributed by atoms with van der Waals surface area (Å²) in [5.41, 5.74) is 2.43. The molecule has 8 nitrogen and oxygen atoms in total. The van der Waals surface area contributed by atoms with Crippen molar-refractivity contribution < 1.29 is 23.5 Å². The Morgan fingerprint density at radius 3 is 2.48 bits per heavy atom. The number of hydrogen-bond donors (Lipinski definition) is 3. The summed E-state index contributed by atoms with van der Waals surface area (Å²) in [6.07, 6.45) is 0. The number of ether oxygens (including phenoxy) is 2. The summed E-state index contributed by atoms with van der Waals surface area (Å²) in [5.74, 6) is -0.998. The van der Waals surface area contributed by atoms with Crippen LogP contribution in [0.15, 0.2) is 59.8 Å². The van der Waals surface area contributed by atoms with Gasteiger partial charge in [0, 0.05) is 25.5 Å². The van der Waals surface area contributed by atoms with E-state index in [1.54, 1.807) is 49.2 Å². The Labute approximate surface area is 196 Å². The van der Waals surface area contributed by atoms with Crippen LogP contribution in [0.5, 0.6) is 0 Å². The molecule has 2 aromatic rings. The van der Waals surface area contributed by atoms with E-state index in [1.807, 2.05) is 0 Å². The zero-order valence-corrected chi connectivity index (χ0v) is 19.3. The third-order valence-electron chi connectivity index (χ3n) is 5.12. The molecule has 0 radical (unpaired) electrons. The van der Waals surface area contributed by atoms with Crippen LogP contribution in [0.25, 0.3) is 0 Å². The molecule has 3 rings (SSSR count). The molecule has 0 fully saturated rings. The number of nitrogens with one attached hydrogen (secondary N) is 3. The Kier molecular flexibility index (Phi) is 7.96. The highest BCUT2D eigenvalue weighted by atomic mass is 32.1. The number of benzene rings is 2. The third kappa shape index (κ3) is 5.85. The normalized spacial score (nSPS) is 15.7. The van der Waals surface area contributed by atoms with Crippen LogP contribution < -0.4 is 16.0 Å². The van der Waals surface area contributed by atoms with Crippen molar-refractivity contribution in [2.75, 3.05) is 38.0 Å². The molecule has 174 valence electrons. The summed E-state index contributed by atoms with van der Waals surface area (Å²) in [4.78, 5) is 26.7. The monoisotopic (exact) mass is 472 g/mol. The first-order valence-corrected chi connectivity index (χ1v) is 10.6. The zero-order valence-electron chi connectivity index (χ0n) is 18.5. The second kappa shape index (κ2) is 10.9. The van der Waals surface area contributed by atoms with E-state index in [9.17, 15) is 14.0 Å². The van der Waals surface area contributed by atoms with E-state index in [0.717, 1.165) is 5.56 Å². The Morgan fingerprint density at radius 2 is 1.82 bits per heavy atom. The van der Waals surface area contributed by atoms with Crippen molar-refractivity contribution in [1.82, 2.24) is 10.2 Å². The number of para-hydroxylation sites is 1. The van der Waals surface area contributed by atoms with Gasteiger partial charge >= 0.3 is 12.0 Å². The van der Waals surface area contributed by atoms with Gasteiger partial charge in [-0.25, -0.2) is 14.0 Å². The van der Waals surface area contributed by atoms with Gasteiger partial charge < -0.3 is 30.3 Å². The lowest BCUT2D eigenvalue weighted by Gasteiger charge is -2.35. The Morgan fingerprint density at radius 1 is 1.12 bits per heavy atom. The number of carbonyl (C=O) groups excluding carboxylic acids is 2. The highest BCUT2D eigenvalue weighted by Crippen LogP contribution is 2.31. The molecule has 1 aliphatic rings. The average Bonchev–Trinajstić information content (AvgIpc) is 2.79. The number of nitrogens with zero attached hydrogens (tertiary/aromatic N) is 1. The molecule has 2 amide bonds.